The van der Waals surface area contributed by atoms with Gasteiger partial charge in [0, 0.05) is 42.9 Å². The number of amides is 2. The number of carbonyl (C=O) groups excluding carboxylic acids is 2. The first-order valence-corrected chi connectivity index (χ1v) is 17.3. The monoisotopic (exact) mass is 763 g/mol. The van der Waals surface area contributed by atoms with E-state index in [4.69, 9.17) is 26.8 Å². The van der Waals surface area contributed by atoms with E-state index in [2.05, 4.69) is 30.4 Å². The number of nitrogens with two attached hydrogens (primary N) is 3. The number of nitrogen functional groups attached to an aromatic ring is 3. The van der Waals surface area contributed by atoms with Crippen LogP contribution >= 0.6 is 0 Å². The lowest BCUT2D eigenvalue weighted by molar-refractivity contribution is -0.140. The highest BCUT2D eigenvalue weighted by molar-refractivity contribution is 7.93. The predicted molar refractivity (Wildman–Crippen MR) is 195 cm³/mol. The standard InChI is InChI=1S/C20H22N8O5.C13H15N3O4S/c1-28(9-11-8-23-17-15(24-11)16(21)26-20(22)27-17)12-4-2-10(3-5-12)18(31)25-13(19(32)33)6-7-14(29)30;1-8-9(2)15-20-13(8)16(10(3)17)21(18,19)12-6-4-11(14)5-7-12/h2-5,8,13H,6-7,9H2,1H3,(H,25,31)(H,29,30)(H,32,33)(H4,21,22,23,26,27);4-7H,14H2,1-3H3/t13-;/m0./s1. The molecule has 5 aromatic rings. The highest BCUT2D eigenvalue weighted by Gasteiger charge is 2.33. The Bertz CT molecular complexity index is 2300. The number of carboxylic acid groups (broad SMARTS) is 2. The first kappa shape index (κ1) is 39.9. The molecular weight excluding hydrogens is 726 g/mol. The maximum absolute atomic E-state index is 12.6. The van der Waals surface area contributed by atoms with Crippen LogP contribution in [0.1, 0.15) is 47.1 Å². The van der Waals surface area contributed by atoms with Gasteiger partial charge in [0.25, 0.3) is 21.8 Å². The molecule has 9 N–H and O–H groups in total. The second kappa shape index (κ2) is 16.6. The van der Waals surface area contributed by atoms with Crippen LogP contribution in [0.3, 0.4) is 0 Å². The van der Waals surface area contributed by atoms with E-state index >= 15 is 0 Å². The van der Waals surface area contributed by atoms with E-state index in [0.29, 0.717) is 44.7 Å². The van der Waals surface area contributed by atoms with Crippen LogP contribution in [-0.4, -0.2) is 80.6 Å². The van der Waals surface area contributed by atoms with Gasteiger partial charge in [0.15, 0.2) is 17.0 Å². The number of sulfonamides is 1. The number of aromatic nitrogens is 5. The van der Waals surface area contributed by atoms with Crippen molar-refractivity contribution in [2.24, 2.45) is 0 Å². The van der Waals surface area contributed by atoms with Gasteiger partial charge in [0.05, 0.1) is 29.0 Å². The second-order valence-corrected chi connectivity index (χ2v) is 13.5. The van der Waals surface area contributed by atoms with Crippen molar-refractivity contribution in [3.63, 3.8) is 0 Å². The SMILES string of the molecule is CC(=O)N(c1onc(C)c1C)S(=O)(=O)c1ccc(N)cc1.CN(Cc1cnc2nc(N)nc(N)c2n1)c1ccc(C(=O)N[C@@H](CCC(=O)O)C(=O)O)cc1. The number of hydrogen-bond acceptors (Lipinski definition) is 16. The zero-order valence-electron chi connectivity index (χ0n) is 29.4. The number of carbonyl (C=O) groups is 4. The fraction of sp³-hybridized carbons (Fsp3) is 0.242. The number of hydrogen-bond donors (Lipinski definition) is 6. The molecule has 0 saturated carbocycles. The van der Waals surface area contributed by atoms with E-state index in [1.165, 1.54) is 36.4 Å². The van der Waals surface area contributed by atoms with E-state index in [1.807, 2.05) is 11.9 Å². The predicted octanol–water partition coefficient (Wildman–Crippen LogP) is 1.88. The Morgan fingerprint density at radius 2 is 1.59 bits per heavy atom. The molecule has 54 heavy (non-hydrogen) atoms. The van der Waals surface area contributed by atoms with Gasteiger partial charge in [0.2, 0.25) is 11.9 Å². The fourth-order valence-electron chi connectivity index (χ4n) is 4.79. The lowest BCUT2D eigenvalue weighted by Crippen LogP contribution is -2.41. The van der Waals surface area contributed by atoms with Crippen LogP contribution < -0.4 is 31.7 Å². The Hall–Kier alpha value is -6.90. The maximum atomic E-state index is 12.6. The Morgan fingerprint density at radius 3 is 2.15 bits per heavy atom. The fourth-order valence-corrected chi connectivity index (χ4v) is 6.20. The third kappa shape index (κ3) is 9.50. The largest absolute Gasteiger partial charge is 0.481 e. The van der Waals surface area contributed by atoms with Crippen molar-refractivity contribution in [1.82, 2.24) is 30.4 Å². The first-order chi connectivity index (χ1) is 25.4. The third-order valence-electron chi connectivity index (χ3n) is 7.74. The number of anilines is 5. The summed E-state index contributed by atoms with van der Waals surface area (Å²) in [6, 6.07) is 10.7. The van der Waals surface area contributed by atoms with Gasteiger partial charge in [-0.15, -0.1) is 0 Å². The highest BCUT2D eigenvalue weighted by Crippen LogP contribution is 2.29. The van der Waals surface area contributed by atoms with Crippen molar-refractivity contribution in [2.75, 3.05) is 33.5 Å². The summed E-state index contributed by atoms with van der Waals surface area (Å²) in [5.74, 6) is -3.70. The van der Waals surface area contributed by atoms with Gasteiger partial charge in [-0.3, -0.25) is 14.4 Å². The molecular formula is C33H37N11O9S. The zero-order chi connectivity index (χ0) is 39.9. The Balaban J connectivity index is 0.000000266. The summed E-state index contributed by atoms with van der Waals surface area (Å²) in [5.41, 5.74) is 20.6. The van der Waals surface area contributed by atoms with Crippen LogP contribution in [0.4, 0.5) is 29.0 Å². The van der Waals surface area contributed by atoms with Crippen molar-refractivity contribution in [3.05, 3.63) is 77.2 Å². The van der Waals surface area contributed by atoms with Gasteiger partial charge in [-0.2, -0.15) is 14.3 Å². The lowest BCUT2D eigenvalue weighted by atomic mass is 10.1. The molecule has 0 aliphatic heterocycles. The van der Waals surface area contributed by atoms with Crippen LogP contribution in [0.15, 0.2) is 64.1 Å². The Kier molecular flexibility index (Phi) is 12.3. The van der Waals surface area contributed by atoms with Crippen LogP contribution in [0.25, 0.3) is 11.2 Å². The van der Waals surface area contributed by atoms with Crippen molar-refractivity contribution in [2.45, 2.75) is 51.1 Å². The molecule has 0 unspecified atom stereocenters. The Labute approximate surface area is 308 Å². The van der Waals surface area contributed by atoms with Gasteiger partial charge < -0.3 is 42.2 Å². The molecule has 0 bridgehead atoms. The normalized spacial score (nSPS) is 11.6. The summed E-state index contributed by atoms with van der Waals surface area (Å²) >= 11 is 0. The quantitative estimate of drug-likeness (QED) is 0.0988. The van der Waals surface area contributed by atoms with Crippen molar-refractivity contribution in [3.8, 4) is 0 Å². The first-order valence-electron chi connectivity index (χ1n) is 15.8. The molecule has 5 rings (SSSR count). The minimum Gasteiger partial charge on any atom is -0.481 e. The molecule has 21 heteroatoms. The van der Waals surface area contributed by atoms with E-state index in [0.717, 1.165) is 12.6 Å². The number of nitrogens with one attached hydrogen (secondary N) is 1. The number of rotatable bonds is 12. The number of fused-ring (bicyclic) bond motifs is 1. The second-order valence-electron chi connectivity index (χ2n) is 11.8. The maximum Gasteiger partial charge on any atom is 0.326 e. The molecule has 0 saturated heterocycles. The minimum absolute atomic E-state index is 0.0138. The molecule has 2 aromatic carbocycles. The van der Waals surface area contributed by atoms with E-state index in [9.17, 15) is 32.7 Å². The zero-order valence-corrected chi connectivity index (χ0v) is 30.2. The van der Waals surface area contributed by atoms with Crippen LogP contribution in [0, 0.1) is 13.8 Å². The molecule has 20 nitrogen and oxygen atoms in total. The average molecular weight is 764 g/mol. The molecule has 3 aromatic heterocycles. The average Bonchev–Trinajstić information content (AvgIpc) is 3.43. The number of benzene rings is 2. The van der Waals surface area contributed by atoms with Gasteiger partial charge >= 0.3 is 11.9 Å². The molecule has 0 aliphatic carbocycles. The molecule has 0 radical (unpaired) electrons. The lowest BCUT2D eigenvalue weighted by Gasteiger charge is -2.19. The highest BCUT2D eigenvalue weighted by atomic mass is 32.2. The summed E-state index contributed by atoms with van der Waals surface area (Å²) in [7, 11) is -2.27. The van der Waals surface area contributed by atoms with Crippen molar-refractivity contribution >= 4 is 74.0 Å². The number of aliphatic carboxylic acids is 2. The van der Waals surface area contributed by atoms with Crippen LogP contribution in [0.2, 0.25) is 0 Å². The van der Waals surface area contributed by atoms with Gasteiger partial charge in [-0.25, -0.2) is 23.2 Å². The number of nitrogens with zero attached hydrogens (tertiary/aromatic N) is 7. The summed E-state index contributed by atoms with van der Waals surface area (Å²) in [5, 5.41) is 23.9. The molecule has 0 aliphatic rings. The minimum atomic E-state index is -4.08. The van der Waals surface area contributed by atoms with Crippen LogP contribution in [0.5, 0.6) is 0 Å². The van der Waals surface area contributed by atoms with E-state index in [1.54, 1.807) is 32.2 Å². The van der Waals surface area contributed by atoms with Gasteiger partial charge in [-0.05, 0) is 68.8 Å². The topological polar surface area (TPSA) is 317 Å². The molecule has 284 valence electrons. The summed E-state index contributed by atoms with van der Waals surface area (Å²) in [6.07, 6.45) is 0.964. The summed E-state index contributed by atoms with van der Waals surface area (Å²) in [4.78, 5) is 64.5. The van der Waals surface area contributed by atoms with E-state index < -0.39 is 39.8 Å². The molecule has 0 spiro atoms. The summed E-state index contributed by atoms with van der Waals surface area (Å²) in [6.45, 7) is 4.81. The molecule has 0 fully saturated rings. The van der Waals surface area contributed by atoms with Crippen molar-refractivity contribution < 1.29 is 42.3 Å². The van der Waals surface area contributed by atoms with E-state index in [-0.39, 0.29) is 41.0 Å². The molecule has 1 atom stereocenters. The molecule has 3 heterocycles. The van der Waals surface area contributed by atoms with Crippen LogP contribution in [-0.2, 0) is 31.0 Å². The molecule has 2 amide bonds. The number of carboxylic acids is 2. The smallest absolute Gasteiger partial charge is 0.326 e. The Morgan fingerprint density at radius 1 is 0.944 bits per heavy atom. The van der Waals surface area contributed by atoms with Gasteiger partial charge in [-0.1, -0.05) is 5.16 Å². The van der Waals surface area contributed by atoms with Crippen molar-refractivity contribution in [1.29, 1.82) is 0 Å². The third-order valence-corrected chi connectivity index (χ3v) is 9.51. The summed E-state index contributed by atoms with van der Waals surface area (Å²) < 4.78 is 30.9. The number of aryl methyl sites for hydroxylation is 1. The van der Waals surface area contributed by atoms with Gasteiger partial charge in [0.1, 0.15) is 6.04 Å².